The highest BCUT2D eigenvalue weighted by atomic mass is 32.2. The van der Waals surface area contributed by atoms with Crippen molar-refractivity contribution in [3.8, 4) is 11.8 Å². The molecule has 0 spiro atoms. The number of sulfonamides is 1. The van der Waals surface area contributed by atoms with E-state index in [1.54, 1.807) is 0 Å². The first-order valence-electron chi connectivity index (χ1n) is 6.19. The second-order valence-corrected chi connectivity index (χ2v) is 9.83. The van der Waals surface area contributed by atoms with Gasteiger partial charge < -0.3 is 5.73 Å². The molecule has 1 aliphatic heterocycles. The average molecular weight is 349 g/mol. The second-order valence-electron chi connectivity index (χ2n) is 4.53. The minimum absolute atomic E-state index is 0.0936. The highest BCUT2D eigenvalue weighted by Gasteiger charge is 2.33. The largest absolute Gasteiger partial charge is 0.320 e. The van der Waals surface area contributed by atoms with E-state index in [1.165, 1.54) is 6.20 Å². The molecular weight excluding hydrogens is 334 g/mol. The van der Waals surface area contributed by atoms with Crippen LogP contribution in [0.3, 0.4) is 0 Å². The predicted molar refractivity (Wildman–Crippen MR) is 82.3 cm³/mol. The molecule has 0 amide bonds. The third kappa shape index (κ3) is 4.41. The zero-order valence-electron chi connectivity index (χ0n) is 11.1. The standard InChI is InChI=1S/C11H15N3O4S3/c12-5-1-2-9-8-13-11(19-9)14-21(17,18)10-3-6-20(15,16)7-4-10/h8,10H,3-7,12H2,(H,13,14). The summed E-state index contributed by atoms with van der Waals surface area (Å²) in [5.41, 5.74) is 5.25. The number of sulfone groups is 1. The van der Waals surface area contributed by atoms with E-state index in [1.807, 2.05) is 0 Å². The van der Waals surface area contributed by atoms with Gasteiger partial charge in [0.2, 0.25) is 10.0 Å². The maximum absolute atomic E-state index is 12.2. The summed E-state index contributed by atoms with van der Waals surface area (Å²) in [5, 5.41) is -0.478. The molecule has 116 valence electrons. The van der Waals surface area contributed by atoms with Crippen molar-refractivity contribution in [3.05, 3.63) is 11.1 Å². The molecule has 10 heteroatoms. The zero-order chi connectivity index (χ0) is 15.5. The van der Waals surface area contributed by atoms with Crippen LogP contribution in [0, 0.1) is 11.8 Å². The fourth-order valence-corrected chi connectivity index (χ4v) is 6.07. The molecule has 1 aliphatic rings. The van der Waals surface area contributed by atoms with E-state index in [9.17, 15) is 16.8 Å². The summed E-state index contributed by atoms with van der Waals surface area (Å²) in [7, 11) is -6.72. The van der Waals surface area contributed by atoms with E-state index in [0.717, 1.165) is 11.3 Å². The Morgan fingerprint density at radius 2 is 2.10 bits per heavy atom. The monoisotopic (exact) mass is 349 g/mol. The van der Waals surface area contributed by atoms with Crippen molar-refractivity contribution in [2.45, 2.75) is 18.1 Å². The highest BCUT2D eigenvalue weighted by Crippen LogP contribution is 2.24. The zero-order valence-corrected chi connectivity index (χ0v) is 13.5. The van der Waals surface area contributed by atoms with Gasteiger partial charge >= 0.3 is 0 Å². The van der Waals surface area contributed by atoms with E-state index in [-0.39, 0.29) is 36.0 Å². The fourth-order valence-electron chi connectivity index (χ4n) is 1.90. The SMILES string of the molecule is NCC#Cc1cnc(NS(=O)(=O)C2CCS(=O)(=O)CC2)s1. The van der Waals surface area contributed by atoms with Gasteiger partial charge in [-0.25, -0.2) is 21.8 Å². The van der Waals surface area contributed by atoms with Crippen LogP contribution in [0.2, 0.25) is 0 Å². The molecular formula is C11H15N3O4S3. The molecule has 0 atom stereocenters. The summed E-state index contributed by atoms with van der Waals surface area (Å²) in [6.45, 7) is 0.218. The van der Waals surface area contributed by atoms with Crippen LogP contribution in [-0.2, 0) is 19.9 Å². The quantitative estimate of drug-likeness (QED) is 0.728. The minimum Gasteiger partial charge on any atom is -0.320 e. The highest BCUT2D eigenvalue weighted by molar-refractivity contribution is 7.94. The van der Waals surface area contributed by atoms with Gasteiger partial charge in [0.15, 0.2) is 5.13 Å². The van der Waals surface area contributed by atoms with Gasteiger partial charge in [-0.15, -0.1) is 0 Å². The first kappa shape index (κ1) is 16.2. The van der Waals surface area contributed by atoms with E-state index >= 15 is 0 Å². The van der Waals surface area contributed by atoms with Crippen molar-refractivity contribution in [1.82, 2.24) is 4.98 Å². The molecule has 1 fully saturated rings. The van der Waals surface area contributed by atoms with Crippen molar-refractivity contribution in [1.29, 1.82) is 0 Å². The van der Waals surface area contributed by atoms with Crippen LogP contribution in [0.1, 0.15) is 17.7 Å². The van der Waals surface area contributed by atoms with Gasteiger partial charge in [-0.2, -0.15) is 0 Å². The van der Waals surface area contributed by atoms with Crippen molar-refractivity contribution in [2.75, 3.05) is 22.8 Å². The fraction of sp³-hybridized carbons (Fsp3) is 0.545. The van der Waals surface area contributed by atoms with Gasteiger partial charge in [0.05, 0.1) is 34.4 Å². The lowest BCUT2D eigenvalue weighted by atomic mass is 10.2. The molecule has 0 aliphatic carbocycles. The molecule has 0 unspecified atom stereocenters. The van der Waals surface area contributed by atoms with Gasteiger partial charge in [-0.3, -0.25) is 4.72 Å². The van der Waals surface area contributed by atoms with Gasteiger partial charge in [0.25, 0.3) is 0 Å². The molecule has 21 heavy (non-hydrogen) atoms. The Labute approximate surface area is 127 Å². The second kappa shape index (κ2) is 6.31. The minimum atomic E-state index is -3.63. The van der Waals surface area contributed by atoms with Crippen LogP contribution >= 0.6 is 11.3 Å². The Hall–Kier alpha value is -1.15. The number of nitrogens with two attached hydrogens (primary N) is 1. The number of nitrogens with one attached hydrogen (secondary N) is 1. The summed E-state index contributed by atoms with van der Waals surface area (Å²) in [4.78, 5) is 4.56. The number of anilines is 1. The third-order valence-electron chi connectivity index (χ3n) is 2.99. The Balaban J connectivity index is 2.06. The van der Waals surface area contributed by atoms with Crippen LogP contribution in [-0.4, -0.2) is 45.1 Å². The summed E-state index contributed by atoms with van der Waals surface area (Å²) in [6, 6.07) is 0. The van der Waals surface area contributed by atoms with Crippen LogP contribution in [0.15, 0.2) is 6.20 Å². The van der Waals surface area contributed by atoms with Gasteiger partial charge in [0.1, 0.15) is 9.84 Å². The molecule has 2 heterocycles. The normalized spacial score (nSPS) is 18.7. The molecule has 1 aromatic rings. The van der Waals surface area contributed by atoms with Gasteiger partial charge in [0, 0.05) is 0 Å². The first-order chi connectivity index (χ1) is 9.82. The number of aromatic nitrogens is 1. The predicted octanol–water partition coefficient (Wildman–Crippen LogP) is -0.228. The number of nitrogens with zero attached hydrogens (tertiary/aromatic N) is 1. The molecule has 2 rings (SSSR count). The third-order valence-corrected chi connectivity index (χ3v) is 7.49. The topological polar surface area (TPSA) is 119 Å². The van der Waals surface area contributed by atoms with E-state index in [2.05, 4.69) is 21.5 Å². The molecule has 7 nitrogen and oxygen atoms in total. The van der Waals surface area contributed by atoms with Crippen LogP contribution in [0.5, 0.6) is 0 Å². The summed E-state index contributed by atoms with van der Waals surface area (Å²) >= 11 is 1.11. The maximum Gasteiger partial charge on any atom is 0.237 e. The average Bonchev–Trinajstić information content (AvgIpc) is 2.82. The molecule has 1 saturated heterocycles. The first-order valence-corrected chi connectivity index (χ1v) is 10.4. The van der Waals surface area contributed by atoms with E-state index in [0.29, 0.717) is 4.88 Å². The Morgan fingerprint density at radius 1 is 1.43 bits per heavy atom. The lowest BCUT2D eigenvalue weighted by molar-refractivity contribution is 0.555. The number of thiazole rings is 1. The smallest absolute Gasteiger partial charge is 0.237 e. The lowest BCUT2D eigenvalue weighted by Gasteiger charge is -2.21. The lowest BCUT2D eigenvalue weighted by Crippen LogP contribution is -2.35. The molecule has 0 aromatic carbocycles. The number of rotatable bonds is 3. The van der Waals surface area contributed by atoms with Crippen LogP contribution in [0.25, 0.3) is 0 Å². The van der Waals surface area contributed by atoms with Crippen LogP contribution < -0.4 is 10.5 Å². The van der Waals surface area contributed by atoms with Crippen molar-refractivity contribution in [3.63, 3.8) is 0 Å². The van der Waals surface area contributed by atoms with Crippen molar-refractivity contribution < 1.29 is 16.8 Å². The summed E-state index contributed by atoms with van der Waals surface area (Å²) < 4.78 is 49.5. The molecule has 1 aromatic heterocycles. The van der Waals surface area contributed by atoms with E-state index < -0.39 is 25.1 Å². The molecule has 0 bridgehead atoms. The maximum atomic E-state index is 12.2. The number of hydrogen-bond acceptors (Lipinski definition) is 7. The molecule has 0 radical (unpaired) electrons. The summed E-state index contributed by atoms with van der Waals surface area (Å²) in [6.07, 6.45) is 1.70. The van der Waals surface area contributed by atoms with Crippen molar-refractivity contribution >= 4 is 36.3 Å². The van der Waals surface area contributed by atoms with Gasteiger partial charge in [-0.1, -0.05) is 23.2 Å². The molecule has 0 saturated carbocycles. The summed E-state index contributed by atoms with van der Waals surface area (Å²) in [5.74, 6) is 5.24. The van der Waals surface area contributed by atoms with Gasteiger partial charge in [-0.05, 0) is 12.8 Å². The Bertz CT molecular complexity index is 757. The van der Waals surface area contributed by atoms with Crippen molar-refractivity contribution in [2.24, 2.45) is 5.73 Å². The Kier molecular flexibility index (Phi) is 4.88. The van der Waals surface area contributed by atoms with Crippen LogP contribution in [0.4, 0.5) is 5.13 Å². The van der Waals surface area contributed by atoms with E-state index in [4.69, 9.17) is 5.73 Å². The Morgan fingerprint density at radius 3 is 2.71 bits per heavy atom. The molecule has 3 N–H and O–H groups in total. The number of hydrogen-bond donors (Lipinski definition) is 2.